The normalized spacial score (nSPS) is 10.9. The zero-order valence-electron chi connectivity index (χ0n) is 14.6. The van der Waals surface area contributed by atoms with Crippen LogP contribution in [0.15, 0.2) is 60.3 Å². The van der Waals surface area contributed by atoms with E-state index in [9.17, 15) is 14.9 Å². The molecule has 0 fully saturated rings. The lowest BCUT2D eigenvalue weighted by molar-refractivity contribution is -0.112. The first-order valence-electron chi connectivity index (χ1n) is 8.09. The van der Waals surface area contributed by atoms with Crippen LogP contribution in [0, 0.1) is 11.3 Å². The lowest BCUT2D eigenvalue weighted by Crippen LogP contribution is -2.16. The van der Waals surface area contributed by atoms with Crippen molar-refractivity contribution >= 4 is 23.2 Å². The Balaban J connectivity index is 2.12. The largest absolute Gasteiger partial charge is 0.366 e. The summed E-state index contributed by atoms with van der Waals surface area (Å²) in [5, 5.41) is 14.7. The number of carbonyl (C=O) groups excluding carboxylic acids is 2. The average molecular weight is 348 g/mol. The van der Waals surface area contributed by atoms with Crippen molar-refractivity contribution in [3.63, 3.8) is 0 Å². The Kier molecular flexibility index (Phi) is 6.12. The molecule has 4 N–H and O–H groups in total. The zero-order chi connectivity index (χ0) is 19.1. The Bertz CT molecular complexity index is 877. The monoisotopic (exact) mass is 348 g/mol. The summed E-state index contributed by atoms with van der Waals surface area (Å²) < 4.78 is 0. The predicted molar refractivity (Wildman–Crippen MR) is 101 cm³/mol. The number of carbonyl (C=O) groups is 2. The third-order valence-electron chi connectivity index (χ3n) is 3.76. The minimum atomic E-state index is -0.602. The number of hydrogen-bond acceptors (Lipinski definition) is 4. The van der Waals surface area contributed by atoms with Crippen LogP contribution in [0.3, 0.4) is 0 Å². The fraction of sp³-hybridized carbons (Fsp3) is 0.150. The summed E-state index contributed by atoms with van der Waals surface area (Å²) in [7, 11) is 0. The smallest absolute Gasteiger partial charge is 0.267 e. The molecule has 0 aliphatic carbocycles. The third kappa shape index (κ3) is 4.71. The van der Waals surface area contributed by atoms with E-state index < -0.39 is 11.8 Å². The molecule has 0 saturated heterocycles. The molecule has 2 amide bonds. The van der Waals surface area contributed by atoms with E-state index in [4.69, 9.17) is 5.73 Å². The lowest BCUT2D eigenvalue weighted by Gasteiger charge is -2.09. The van der Waals surface area contributed by atoms with Gasteiger partial charge in [0.15, 0.2) is 0 Å². The van der Waals surface area contributed by atoms with Crippen LogP contribution in [0.2, 0.25) is 0 Å². The molecule has 0 unspecified atom stereocenters. The van der Waals surface area contributed by atoms with Gasteiger partial charge in [-0.05, 0) is 35.7 Å². The van der Waals surface area contributed by atoms with E-state index in [1.54, 1.807) is 36.4 Å². The van der Waals surface area contributed by atoms with E-state index in [0.29, 0.717) is 17.3 Å². The number of anilines is 2. The summed E-state index contributed by atoms with van der Waals surface area (Å²) in [6, 6.07) is 15.9. The maximum Gasteiger partial charge on any atom is 0.267 e. The fourth-order valence-corrected chi connectivity index (χ4v) is 2.27. The van der Waals surface area contributed by atoms with Crippen LogP contribution in [0.5, 0.6) is 0 Å². The number of amides is 2. The molecule has 6 heteroatoms. The Labute approximate surface area is 152 Å². The maximum atomic E-state index is 12.3. The highest BCUT2D eigenvalue weighted by Gasteiger charge is 2.11. The number of nitriles is 1. The quantitative estimate of drug-likeness (QED) is 0.549. The molecule has 26 heavy (non-hydrogen) atoms. The Morgan fingerprint density at radius 1 is 1.12 bits per heavy atom. The van der Waals surface area contributed by atoms with Crippen molar-refractivity contribution in [3.05, 3.63) is 71.4 Å². The van der Waals surface area contributed by atoms with Crippen LogP contribution in [0.4, 0.5) is 11.4 Å². The van der Waals surface area contributed by atoms with Crippen LogP contribution in [0.25, 0.3) is 0 Å². The standard InChI is InChI=1S/C20H20N4O2/c1-13(2)14-7-9-16(10-8-14)24-20(26)15(11-21)12-23-18-6-4-3-5-17(18)19(22)25/h3-10,12-13,23H,1-2H3,(H2,22,25)(H,24,26)/b15-12-. The number of rotatable bonds is 6. The summed E-state index contributed by atoms with van der Waals surface area (Å²) in [5.41, 5.74) is 7.62. The second kappa shape index (κ2) is 8.49. The van der Waals surface area contributed by atoms with Gasteiger partial charge in [0.25, 0.3) is 11.8 Å². The van der Waals surface area contributed by atoms with Crippen LogP contribution >= 0.6 is 0 Å². The van der Waals surface area contributed by atoms with Gasteiger partial charge in [-0.2, -0.15) is 5.26 Å². The van der Waals surface area contributed by atoms with Gasteiger partial charge < -0.3 is 16.4 Å². The second-order valence-corrected chi connectivity index (χ2v) is 5.95. The molecule has 0 aliphatic rings. The molecule has 6 nitrogen and oxygen atoms in total. The maximum absolute atomic E-state index is 12.3. The van der Waals surface area contributed by atoms with Gasteiger partial charge in [-0.3, -0.25) is 9.59 Å². The highest BCUT2D eigenvalue weighted by atomic mass is 16.2. The molecule has 132 valence electrons. The topological polar surface area (TPSA) is 108 Å². The van der Waals surface area contributed by atoms with Gasteiger partial charge >= 0.3 is 0 Å². The lowest BCUT2D eigenvalue weighted by atomic mass is 10.0. The van der Waals surface area contributed by atoms with Crippen LogP contribution in [-0.2, 0) is 4.79 Å². The van der Waals surface area contributed by atoms with Gasteiger partial charge in [0.1, 0.15) is 11.6 Å². The number of primary amides is 1. The molecule has 0 bridgehead atoms. The molecule has 0 aliphatic heterocycles. The van der Waals surface area contributed by atoms with E-state index in [2.05, 4.69) is 24.5 Å². The van der Waals surface area contributed by atoms with Crippen molar-refractivity contribution in [2.24, 2.45) is 5.73 Å². The van der Waals surface area contributed by atoms with Crippen LogP contribution in [0.1, 0.15) is 35.7 Å². The van der Waals surface area contributed by atoms with Gasteiger partial charge in [-0.25, -0.2) is 0 Å². The second-order valence-electron chi connectivity index (χ2n) is 5.95. The molecule has 0 atom stereocenters. The first kappa shape index (κ1) is 18.7. The minimum absolute atomic E-state index is 0.128. The number of nitrogens with zero attached hydrogens (tertiary/aromatic N) is 1. The van der Waals surface area contributed by atoms with Crippen molar-refractivity contribution in [2.75, 3.05) is 10.6 Å². The average Bonchev–Trinajstić information content (AvgIpc) is 2.63. The van der Waals surface area contributed by atoms with E-state index in [1.165, 1.54) is 6.20 Å². The Morgan fingerprint density at radius 2 is 1.77 bits per heavy atom. The summed E-state index contributed by atoms with van der Waals surface area (Å²) in [6.07, 6.45) is 1.25. The summed E-state index contributed by atoms with van der Waals surface area (Å²) in [6.45, 7) is 4.17. The number of nitrogens with one attached hydrogen (secondary N) is 2. The van der Waals surface area contributed by atoms with E-state index >= 15 is 0 Å². The van der Waals surface area contributed by atoms with Crippen molar-refractivity contribution in [2.45, 2.75) is 19.8 Å². The predicted octanol–water partition coefficient (Wildman–Crippen LogP) is 3.37. The van der Waals surface area contributed by atoms with Crippen LogP contribution in [-0.4, -0.2) is 11.8 Å². The molecule has 0 aromatic heterocycles. The first-order chi connectivity index (χ1) is 12.4. The fourth-order valence-electron chi connectivity index (χ4n) is 2.27. The van der Waals surface area contributed by atoms with E-state index in [0.717, 1.165) is 5.56 Å². The van der Waals surface area contributed by atoms with Crippen molar-refractivity contribution in [3.8, 4) is 6.07 Å². The van der Waals surface area contributed by atoms with Gasteiger partial charge in [-0.15, -0.1) is 0 Å². The molecule has 0 heterocycles. The number of para-hydroxylation sites is 1. The van der Waals surface area contributed by atoms with Gasteiger partial charge in [0.05, 0.1) is 11.3 Å². The van der Waals surface area contributed by atoms with Gasteiger partial charge in [0.2, 0.25) is 0 Å². The van der Waals surface area contributed by atoms with Crippen molar-refractivity contribution in [1.82, 2.24) is 0 Å². The molecule has 0 spiro atoms. The minimum Gasteiger partial charge on any atom is -0.366 e. The SMILES string of the molecule is CC(C)c1ccc(NC(=O)/C(C#N)=C\Nc2ccccc2C(N)=O)cc1. The molecule has 2 rings (SSSR count). The summed E-state index contributed by atoms with van der Waals surface area (Å²) in [4.78, 5) is 23.7. The Morgan fingerprint density at radius 3 is 2.35 bits per heavy atom. The molecule has 2 aromatic rings. The highest BCUT2D eigenvalue weighted by molar-refractivity contribution is 6.07. The first-order valence-corrected chi connectivity index (χ1v) is 8.09. The number of nitrogens with two attached hydrogens (primary N) is 1. The van der Waals surface area contributed by atoms with Gasteiger partial charge in [-0.1, -0.05) is 38.1 Å². The molecule has 2 aromatic carbocycles. The van der Waals surface area contributed by atoms with E-state index in [-0.39, 0.29) is 11.1 Å². The number of benzene rings is 2. The summed E-state index contributed by atoms with van der Waals surface area (Å²) in [5.74, 6) is -0.757. The Hall–Kier alpha value is -3.59. The van der Waals surface area contributed by atoms with E-state index in [1.807, 2.05) is 18.2 Å². The number of hydrogen-bond donors (Lipinski definition) is 3. The third-order valence-corrected chi connectivity index (χ3v) is 3.76. The molecule has 0 saturated carbocycles. The molecular formula is C20H20N4O2. The zero-order valence-corrected chi connectivity index (χ0v) is 14.6. The van der Waals surface area contributed by atoms with Crippen molar-refractivity contribution in [1.29, 1.82) is 5.26 Å². The van der Waals surface area contributed by atoms with Gasteiger partial charge in [0, 0.05) is 11.9 Å². The van der Waals surface area contributed by atoms with Crippen molar-refractivity contribution < 1.29 is 9.59 Å². The summed E-state index contributed by atoms with van der Waals surface area (Å²) >= 11 is 0. The van der Waals surface area contributed by atoms with Crippen LogP contribution < -0.4 is 16.4 Å². The molecular weight excluding hydrogens is 328 g/mol. The molecule has 0 radical (unpaired) electrons. The highest BCUT2D eigenvalue weighted by Crippen LogP contribution is 2.18.